The molecule has 1 unspecified atom stereocenters. The third-order valence-corrected chi connectivity index (χ3v) is 11.2. The quantitative estimate of drug-likeness (QED) is 0.0346. The largest absolute Gasteiger partial charge is 0.462 e. The van der Waals surface area contributed by atoms with Crippen molar-refractivity contribution in [2.75, 3.05) is 19.8 Å². The van der Waals surface area contributed by atoms with Gasteiger partial charge in [-0.2, -0.15) is 0 Å². The molecule has 0 amide bonds. The Hall–Kier alpha value is -2.66. The van der Waals surface area contributed by atoms with Crippen molar-refractivity contribution in [1.29, 1.82) is 0 Å². The molecule has 0 N–H and O–H groups in total. The summed E-state index contributed by atoms with van der Waals surface area (Å²) < 4.78 is 17.3. The molecule has 0 bridgehead atoms. The molecule has 0 heterocycles. The van der Waals surface area contributed by atoms with Gasteiger partial charge in [-0.05, 0) is 96.3 Å². The highest BCUT2D eigenvalue weighted by Gasteiger charge is 2.17. The summed E-state index contributed by atoms with van der Waals surface area (Å²) >= 11 is 0. The zero-order valence-corrected chi connectivity index (χ0v) is 41.1. The van der Waals surface area contributed by atoms with Gasteiger partial charge in [0.15, 0.2) is 6.10 Å². The summed E-state index contributed by atoms with van der Waals surface area (Å²) in [5.41, 5.74) is 0. The summed E-state index contributed by atoms with van der Waals surface area (Å²) in [6.45, 7) is 7.62. The molecule has 0 saturated carbocycles. The maximum atomic E-state index is 12.7. The monoisotopic (exact) mass is 865 g/mol. The fourth-order valence-corrected chi connectivity index (χ4v) is 7.28. The molecule has 1 atom stereocenters. The number of hydrogen-bond acceptors (Lipinski definition) is 5. The van der Waals surface area contributed by atoms with Crippen LogP contribution in [0.1, 0.15) is 252 Å². The molecule has 0 aliphatic heterocycles. The summed E-state index contributed by atoms with van der Waals surface area (Å²) in [6, 6.07) is 0. The van der Waals surface area contributed by atoms with E-state index in [2.05, 4.69) is 87.6 Å². The lowest BCUT2D eigenvalue weighted by Crippen LogP contribution is -2.30. The maximum Gasteiger partial charge on any atom is 0.306 e. The Balaban J connectivity index is 4.30. The molecule has 5 heteroatoms. The molecule has 0 saturated heterocycles. The lowest BCUT2D eigenvalue weighted by Gasteiger charge is -2.18. The molecule has 0 fully saturated rings. The molecular formula is C57H100O5. The Morgan fingerprint density at radius 1 is 0.371 bits per heavy atom. The van der Waals surface area contributed by atoms with Crippen molar-refractivity contribution in [3.05, 3.63) is 72.9 Å². The van der Waals surface area contributed by atoms with E-state index >= 15 is 0 Å². The van der Waals surface area contributed by atoms with E-state index in [1.54, 1.807) is 0 Å². The van der Waals surface area contributed by atoms with Crippen molar-refractivity contribution >= 4 is 11.9 Å². The molecular weight excluding hydrogens is 765 g/mol. The Morgan fingerprint density at radius 2 is 0.758 bits per heavy atom. The number of unbranched alkanes of at least 4 members (excludes halogenated alkanes) is 25. The fraction of sp³-hybridized carbons (Fsp3) is 0.754. The minimum Gasteiger partial charge on any atom is -0.462 e. The highest BCUT2D eigenvalue weighted by Crippen LogP contribution is 2.14. The van der Waals surface area contributed by atoms with Crippen LogP contribution in [0.15, 0.2) is 72.9 Å². The van der Waals surface area contributed by atoms with Gasteiger partial charge in [0.25, 0.3) is 0 Å². The third-order valence-electron chi connectivity index (χ3n) is 11.2. The summed E-state index contributed by atoms with van der Waals surface area (Å²) in [5.74, 6) is -0.492. The van der Waals surface area contributed by atoms with Crippen LogP contribution in [0.3, 0.4) is 0 Å². The predicted molar refractivity (Wildman–Crippen MR) is 270 cm³/mol. The average molecular weight is 865 g/mol. The highest BCUT2D eigenvalue weighted by atomic mass is 16.6. The van der Waals surface area contributed by atoms with Gasteiger partial charge in [-0.1, -0.05) is 216 Å². The van der Waals surface area contributed by atoms with Crippen molar-refractivity contribution in [2.45, 2.75) is 258 Å². The van der Waals surface area contributed by atoms with E-state index < -0.39 is 6.10 Å². The highest BCUT2D eigenvalue weighted by molar-refractivity contribution is 5.70. The number of allylic oxidation sites excluding steroid dienone is 12. The molecule has 0 aromatic rings. The van der Waals surface area contributed by atoms with Gasteiger partial charge in [0.05, 0.1) is 6.61 Å². The lowest BCUT2D eigenvalue weighted by atomic mass is 10.1. The number of rotatable bonds is 48. The van der Waals surface area contributed by atoms with Gasteiger partial charge in [-0.3, -0.25) is 9.59 Å². The molecule has 62 heavy (non-hydrogen) atoms. The van der Waals surface area contributed by atoms with Gasteiger partial charge in [0, 0.05) is 19.4 Å². The van der Waals surface area contributed by atoms with Crippen LogP contribution >= 0.6 is 0 Å². The van der Waals surface area contributed by atoms with E-state index in [0.717, 1.165) is 51.4 Å². The van der Waals surface area contributed by atoms with Crippen molar-refractivity contribution in [1.82, 2.24) is 0 Å². The Kier molecular flexibility index (Phi) is 50.4. The Bertz CT molecular complexity index is 1110. The SMILES string of the molecule is CC/C=C\C/C=C\C/C=C\C/C=C\CCC(=O)OC(COCCCCCCCC/C=C\CCCCCC)COC(=O)CCCCCCCCCCC/C=C\CCCCCCCC. The van der Waals surface area contributed by atoms with E-state index in [0.29, 0.717) is 25.9 Å². The van der Waals surface area contributed by atoms with Crippen molar-refractivity contribution < 1.29 is 23.8 Å². The van der Waals surface area contributed by atoms with Crippen LogP contribution in [0, 0.1) is 0 Å². The van der Waals surface area contributed by atoms with Crippen molar-refractivity contribution in [3.63, 3.8) is 0 Å². The number of carbonyl (C=O) groups is 2. The standard InChI is InChI=1S/C57H100O5/c1-4-7-10-13-16-19-22-25-27-28-29-30-31-33-35-38-41-44-47-50-56(58)61-54-55(53-60-52-49-46-43-40-37-34-26-23-20-17-14-11-8-5-2)62-57(59)51-48-45-42-39-36-32-24-21-18-15-12-9-6-3/h9,12,18,20-21,23,25,27,32,36,42,45,55H,4-8,10-11,13-17,19,22,24,26,28-31,33-35,37-41,43-44,46-54H2,1-3H3/b12-9-,21-18-,23-20-,27-25-,36-32-,45-42-. The first-order valence-corrected chi connectivity index (χ1v) is 26.5. The smallest absolute Gasteiger partial charge is 0.306 e. The second kappa shape index (κ2) is 52.7. The van der Waals surface area contributed by atoms with E-state index in [1.165, 1.54) is 161 Å². The molecule has 0 aromatic carbocycles. The van der Waals surface area contributed by atoms with Crippen LogP contribution in [0.4, 0.5) is 0 Å². The average Bonchev–Trinajstić information content (AvgIpc) is 3.27. The molecule has 0 radical (unpaired) electrons. The summed E-state index contributed by atoms with van der Waals surface area (Å²) in [7, 11) is 0. The van der Waals surface area contributed by atoms with Crippen LogP contribution in [0.5, 0.6) is 0 Å². The molecule has 0 aliphatic rings. The zero-order valence-electron chi connectivity index (χ0n) is 41.1. The fourth-order valence-electron chi connectivity index (χ4n) is 7.28. The van der Waals surface area contributed by atoms with Crippen LogP contribution in [0.2, 0.25) is 0 Å². The van der Waals surface area contributed by atoms with E-state index in [9.17, 15) is 9.59 Å². The van der Waals surface area contributed by atoms with Gasteiger partial charge in [-0.25, -0.2) is 0 Å². The van der Waals surface area contributed by atoms with Crippen LogP contribution in [-0.4, -0.2) is 37.9 Å². The van der Waals surface area contributed by atoms with E-state index in [-0.39, 0.29) is 25.2 Å². The molecule has 0 aromatic heterocycles. The maximum absolute atomic E-state index is 12.7. The molecule has 0 spiro atoms. The predicted octanol–water partition coefficient (Wildman–Crippen LogP) is 17.9. The van der Waals surface area contributed by atoms with Gasteiger partial charge >= 0.3 is 11.9 Å². The van der Waals surface area contributed by atoms with Gasteiger partial charge in [0.1, 0.15) is 6.61 Å². The summed E-state index contributed by atoms with van der Waals surface area (Å²) in [4.78, 5) is 25.4. The molecule has 0 aliphatic carbocycles. The van der Waals surface area contributed by atoms with Crippen LogP contribution in [0.25, 0.3) is 0 Å². The summed E-state index contributed by atoms with van der Waals surface area (Å²) in [6.07, 6.45) is 67.9. The first-order valence-electron chi connectivity index (χ1n) is 26.5. The number of ether oxygens (including phenoxy) is 3. The molecule has 358 valence electrons. The van der Waals surface area contributed by atoms with Crippen molar-refractivity contribution in [3.8, 4) is 0 Å². The second-order valence-electron chi connectivity index (χ2n) is 17.4. The number of carbonyl (C=O) groups excluding carboxylic acids is 2. The number of hydrogen-bond donors (Lipinski definition) is 0. The lowest BCUT2D eigenvalue weighted by molar-refractivity contribution is -0.162. The van der Waals surface area contributed by atoms with Gasteiger partial charge in [-0.15, -0.1) is 0 Å². The Labute approximate surface area is 385 Å². The Morgan fingerprint density at radius 3 is 1.24 bits per heavy atom. The van der Waals surface area contributed by atoms with E-state index in [1.807, 2.05) is 6.08 Å². The van der Waals surface area contributed by atoms with E-state index in [4.69, 9.17) is 14.2 Å². The third kappa shape index (κ3) is 50.0. The molecule has 0 rings (SSSR count). The van der Waals surface area contributed by atoms with Crippen LogP contribution < -0.4 is 0 Å². The second-order valence-corrected chi connectivity index (χ2v) is 17.4. The topological polar surface area (TPSA) is 61.8 Å². The first-order chi connectivity index (χ1) is 30.6. The van der Waals surface area contributed by atoms with Crippen molar-refractivity contribution in [2.24, 2.45) is 0 Å². The van der Waals surface area contributed by atoms with Gasteiger partial charge in [0.2, 0.25) is 0 Å². The minimum absolute atomic E-state index is 0.0522. The first kappa shape index (κ1) is 59.3. The zero-order chi connectivity index (χ0) is 44.9. The normalized spacial score (nSPS) is 12.8. The molecule has 5 nitrogen and oxygen atoms in total. The van der Waals surface area contributed by atoms with Gasteiger partial charge < -0.3 is 14.2 Å². The minimum atomic E-state index is -0.579. The van der Waals surface area contributed by atoms with Crippen LogP contribution in [-0.2, 0) is 23.8 Å². The summed E-state index contributed by atoms with van der Waals surface area (Å²) in [5, 5.41) is 0. The number of esters is 2.